The topological polar surface area (TPSA) is 35.5 Å². The van der Waals surface area contributed by atoms with Gasteiger partial charge < -0.3 is 9.47 Å². The van der Waals surface area contributed by atoms with E-state index in [9.17, 15) is 4.79 Å². The van der Waals surface area contributed by atoms with Crippen molar-refractivity contribution >= 4 is 5.78 Å². The van der Waals surface area contributed by atoms with Crippen LogP contribution < -0.4 is 0 Å². The van der Waals surface area contributed by atoms with E-state index in [2.05, 4.69) is 5.92 Å². The quantitative estimate of drug-likeness (QED) is 0.732. The first-order valence-electron chi connectivity index (χ1n) is 7.29. The third-order valence-electron chi connectivity index (χ3n) is 4.49. The van der Waals surface area contributed by atoms with Gasteiger partial charge in [0.1, 0.15) is 5.78 Å². The van der Waals surface area contributed by atoms with Crippen LogP contribution in [0.3, 0.4) is 0 Å². The Bertz CT molecular complexity index is 372. The molecule has 3 heteroatoms. The Morgan fingerprint density at radius 3 is 2.74 bits per heavy atom. The smallest absolute Gasteiger partial charge is 0.168 e. The number of ether oxygens (including phenoxy) is 2. The molecule has 1 aliphatic carbocycles. The highest BCUT2D eigenvalue weighted by Crippen LogP contribution is 2.42. The molecule has 0 bridgehead atoms. The van der Waals surface area contributed by atoms with Gasteiger partial charge in [0.2, 0.25) is 0 Å². The third kappa shape index (κ3) is 3.01. The van der Waals surface area contributed by atoms with Crippen molar-refractivity contribution in [1.29, 1.82) is 0 Å². The zero-order valence-corrected chi connectivity index (χ0v) is 12.0. The van der Waals surface area contributed by atoms with Gasteiger partial charge in [-0.2, -0.15) is 0 Å². The number of terminal acetylenes is 1. The fourth-order valence-electron chi connectivity index (χ4n) is 3.08. The Labute approximate surface area is 116 Å². The second kappa shape index (κ2) is 5.64. The summed E-state index contributed by atoms with van der Waals surface area (Å²) in [5.74, 6) is 2.33. The van der Waals surface area contributed by atoms with Crippen molar-refractivity contribution in [1.82, 2.24) is 0 Å². The second-order valence-corrected chi connectivity index (χ2v) is 6.21. The zero-order chi connectivity index (χ0) is 13.9. The molecular formula is C16H24O3. The maximum absolute atomic E-state index is 12.3. The SMILES string of the molecule is C#CCCC(=O)C(C)(C)[C@@H]1CCOC2(CCCC2)O1. The number of carbonyl (C=O) groups is 1. The standard InChI is InChI=1S/C16H24O3/c1-4-5-8-13(17)15(2,3)14-9-12-18-16(19-14)10-6-7-11-16/h1,14H,5-12H2,2-3H3/t14-/m0/s1. The molecule has 0 N–H and O–H groups in total. The molecule has 2 rings (SSSR count). The van der Waals surface area contributed by atoms with Crippen LogP contribution in [0.25, 0.3) is 0 Å². The third-order valence-corrected chi connectivity index (χ3v) is 4.49. The van der Waals surface area contributed by atoms with Crippen LogP contribution in [0.4, 0.5) is 0 Å². The van der Waals surface area contributed by atoms with Gasteiger partial charge in [-0.05, 0) is 19.3 Å². The fourth-order valence-corrected chi connectivity index (χ4v) is 3.08. The lowest BCUT2D eigenvalue weighted by atomic mass is 9.78. The van der Waals surface area contributed by atoms with E-state index < -0.39 is 11.2 Å². The van der Waals surface area contributed by atoms with Gasteiger partial charge in [-0.3, -0.25) is 4.79 Å². The maximum Gasteiger partial charge on any atom is 0.168 e. The van der Waals surface area contributed by atoms with Crippen molar-refractivity contribution in [2.75, 3.05) is 6.61 Å². The van der Waals surface area contributed by atoms with Crippen molar-refractivity contribution < 1.29 is 14.3 Å². The number of rotatable bonds is 4. The molecule has 1 spiro atoms. The van der Waals surface area contributed by atoms with Crippen molar-refractivity contribution in [3.05, 3.63) is 0 Å². The molecular weight excluding hydrogens is 240 g/mol. The number of carbonyl (C=O) groups excluding carboxylic acids is 1. The molecule has 0 aromatic rings. The van der Waals surface area contributed by atoms with Crippen molar-refractivity contribution in [3.8, 4) is 12.3 Å². The van der Waals surface area contributed by atoms with Crippen LogP contribution >= 0.6 is 0 Å². The molecule has 1 heterocycles. The predicted octanol–water partition coefficient (Wildman–Crippen LogP) is 3.07. The summed E-state index contributed by atoms with van der Waals surface area (Å²) in [6.07, 6.45) is 11.1. The van der Waals surface area contributed by atoms with Gasteiger partial charge in [-0.25, -0.2) is 0 Å². The summed E-state index contributed by atoms with van der Waals surface area (Å²) in [6.45, 7) is 4.64. The summed E-state index contributed by atoms with van der Waals surface area (Å²) in [6, 6.07) is 0. The summed E-state index contributed by atoms with van der Waals surface area (Å²) >= 11 is 0. The fraction of sp³-hybridized carbons (Fsp3) is 0.812. The molecule has 1 saturated carbocycles. The van der Waals surface area contributed by atoms with E-state index in [-0.39, 0.29) is 11.9 Å². The minimum absolute atomic E-state index is 0.0513. The Morgan fingerprint density at radius 2 is 2.11 bits per heavy atom. The van der Waals surface area contributed by atoms with Gasteiger partial charge in [-0.1, -0.05) is 13.8 Å². The number of hydrogen-bond donors (Lipinski definition) is 0. The summed E-state index contributed by atoms with van der Waals surface area (Å²) < 4.78 is 12.1. The molecule has 0 radical (unpaired) electrons. The summed E-state index contributed by atoms with van der Waals surface area (Å²) in [4.78, 5) is 12.3. The molecule has 1 aliphatic heterocycles. The van der Waals surface area contributed by atoms with E-state index in [0.29, 0.717) is 19.4 Å². The highest BCUT2D eigenvalue weighted by molar-refractivity contribution is 5.84. The van der Waals surface area contributed by atoms with Gasteiger partial charge in [0.05, 0.1) is 12.7 Å². The predicted molar refractivity (Wildman–Crippen MR) is 73.5 cm³/mol. The van der Waals surface area contributed by atoms with Crippen LogP contribution in [0.15, 0.2) is 0 Å². The molecule has 0 amide bonds. The molecule has 0 aromatic heterocycles. The monoisotopic (exact) mass is 264 g/mol. The van der Waals surface area contributed by atoms with E-state index >= 15 is 0 Å². The lowest BCUT2D eigenvalue weighted by Gasteiger charge is -2.44. The van der Waals surface area contributed by atoms with Gasteiger partial charge >= 0.3 is 0 Å². The molecule has 2 aliphatic rings. The van der Waals surface area contributed by atoms with E-state index in [1.165, 1.54) is 0 Å². The Balaban J connectivity index is 2.03. The van der Waals surface area contributed by atoms with E-state index in [1.807, 2.05) is 13.8 Å². The normalized spacial score (nSPS) is 26.3. The van der Waals surface area contributed by atoms with Crippen LogP contribution in [0.2, 0.25) is 0 Å². The van der Waals surface area contributed by atoms with Gasteiger partial charge in [0.15, 0.2) is 5.79 Å². The van der Waals surface area contributed by atoms with Crippen molar-refractivity contribution in [2.24, 2.45) is 5.41 Å². The van der Waals surface area contributed by atoms with E-state index in [1.54, 1.807) is 0 Å². The maximum atomic E-state index is 12.3. The zero-order valence-electron chi connectivity index (χ0n) is 12.0. The Hall–Kier alpha value is -0.850. The first-order valence-corrected chi connectivity index (χ1v) is 7.29. The van der Waals surface area contributed by atoms with Gasteiger partial charge in [-0.15, -0.1) is 12.3 Å². The molecule has 106 valence electrons. The lowest BCUT2D eigenvalue weighted by Crippen LogP contribution is -2.50. The highest BCUT2D eigenvalue weighted by atomic mass is 16.7. The largest absolute Gasteiger partial charge is 0.350 e. The van der Waals surface area contributed by atoms with Crippen LogP contribution in [0.1, 0.15) is 58.8 Å². The van der Waals surface area contributed by atoms with Gasteiger partial charge in [0.25, 0.3) is 0 Å². The molecule has 0 unspecified atom stereocenters. The first kappa shape index (κ1) is 14.6. The molecule has 3 nitrogen and oxygen atoms in total. The molecule has 1 atom stereocenters. The molecule has 2 fully saturated rings. The number of ketones is 1. The first-order chi connectivity index (χ1) is 9.00. The summed E-state index contributed by atoms with van der Waals surface area (Å²) in [7, 11) is 0. The number of Topliss-reactive ketones (excluding diaryl/α,β-unsaturated/α-hetero) is 1. The number of hydrogen-bond acceptors (Lipinski definition) is 3. The van der Waals surface area contributed by atoms with Crippen LogP contribution in [-0.4, -0.2) is 24.3 Å². The van der Waals surface area contributed by atoms with Crippen LogP contribution in [0.5, 0.6) is 0 Å². The van der Waals surface area contributed by atoms with E-state index in [4.69, 9.17) is 15.9 Å². The molecule has 1 saturated heterocycles. The molecule has 0 aromatic carbocycles. The Morgan fingerprint density at radius 1 is 1.42 bits per heavy atom. The minimum Gasteiger partial charge on any atom is -0.350 e. The average molecular weight is 264 g/mol. The van der Waals surface area contributed by atoms with Crippen molar-refractivity contribution in [3.63, 3.8) is 0 Å². The van der Waals surface area contributed by atoms with Gasteiger partial charge in [0, 0.05) is 31.1 Å². The summed E-state index contributed by atoms with van der Waals surface area (Å²) in [5, 5.41) is 0. The lowest BCUT2D eigenvalue weighted by molar-refractivity contribution is -0.303. The molecule has 19 heavy (non-hydrogen) atoms. The van der Waals surface area contributed by atoms with Crippen molar-refractivity contribution in [2.45, 2.75) is 70.7 Å². The minimum atomic E-state index is -0.476. The second-order valence-electron chi connectivity index (χ2n) is 6.21. The Kier molecular flexibility index (Phi) is 4.32. The van der Waals surface area contributed by atoms with Crippen LogP contribution in [-0.2, 0) is 14.3 Å². The van der Waals surface area contributed by atoms with E-state index in [0.717, 1.165) is 32.1 Å². The average Bonchev–Trinajstić information content (AvgIpc) is 2.83. The summed E-state index contributed by atoms with van der Waals surface area (Å²) in [5.41, 5.74) is -0.476. The highest BCUT2D eigenvalue weighted by Gasteiger charge is 2.47. The van der Waals surface area contributed by atoms with Crippen LogP contribution in [0, 0.1) is 17.8 Å².